The highest BCUT2D eigenvalue weighted by atomic mass is 16.6. The van der Waals surface area contributed by atoms with Gasteiger partial charge in [-0.3, -0.25) is 4.79 Å². The lowest BCUT2D eigenvalue weighted by molar-refractivity contribution is -0.170. The van der Waals surface area contributed by atoms with E-state index in [2.05, 4.69) is 47.3 Å². The first kappa shape index (κ1) is 24.7. The Bertz CT molecular complexity index is 461. The molecular formula is C20H36O4. The minimum atomic E-state index is -0.981. The summed E-state index contributed by atoms with van der Waals surface area (Å²) >= 11 is 0. The van der Waals surface area contributed by atoms with E-state index in [1.54, 1.807) is 0 Å². The zero-order valence-electron chi connectivity index (χ0n) is 16.9. The lowest BCUT2D eigenvalue weighted by Gasteiger charge is -2.43. The molecule has 0 saturated heterocycles. The van der Waals surface area contributed by atoms with Crippen LogP contribution >= 0.6 is 0 Å². The van der Waals surface area contributed by atoms with Gasteiger partial charge in [0.25, 0.3) is 0 Å². The molecule has 0 aromatic rings. The molecule has 4 nitrogen and oxygen atoms in total. The number of carboxylic acids is 1. The van der Waals surface area contributed by atoms with E-state index in [9.17, 15) is 9.59 Å². The molecule has 0 rings (SSSR count). The van der Waals surface area contributed by atoms with Crippen molar-refractivity contribution >= 4 is 11.9 Å². The summed E-state index contributed by atoms with van der Waals surface area (Å²) in [5, 5.41) is 7.60. The van der Waals surface area contributed by atoms with E-state index < -0.39 is 17.0 Å². The van der Waals surface area contributed by atoms with Gasteiger partial charge in [0.15, 0.2) is 0 Å². The van der Waals surface area contributed by atoms with Crippen molar-refractivity contribution in [2.24, 2.45) is 10.8 Å². The Morgan fingerprint density at radius 1 is 1.04 bits per heavy atom. The minimum Gasteiger partial charge on any atom is -0.478 e. The van der Waals surface area contributed by atoms with E-state index in [0.29, 0.717) is 0 Å². The highest BCUT2D eigenvalue weighted by molar-refractivity contribution is 5.81. The molecule has 1 N–H and O–H groups in total. The van der Waals surface area contributed by atoms with E-state index in [4.69, 9.17) is 9.84 Å². The highest BCUT2D eigenvalue weighted by Gasteiger charge is 2.48. The smallest absolute Gasteiger partial charge is 0.327 e. The molecule has 0 aromatic heterocycles. The van der Waals surface area contributed by atoms with E-state index in [1.807, 2.05) is 27.7 Å². The highest BCUT2D eigenvalue weighted by Crippen LogP contribution is 2.47. The van der Waals surface area contributed by atoms with Crippen LogP contribution in [0.4, 0.5) is 0 Å². The third kappa shape index (κ3) is 7.80. The van der Waals surface area contributed by atoms with Gasteiger partial charge in [-0.2, -0.15) is 0 Å². The van der Waals surface area contributed by atoms with Crippen molar-refractivity contribution in [3.05, 3.63) is 24.3 Å². The third-order valence-corrected chi connectivity index (χ3v) is 3.96. The predicted molar refractivity (Wildman–Crippen MR) is 99.9 cm³/mol. The van der Waals surface area contributed by atoms with Crippen molar-refractivity contribution in [2.45, 2.75) is 80.8 Å². The number of allylic oxidation sites excluding steroid dienone is 1. The van der Waals surface area contributed by atoms with Gasteiger partial charge in [-0.05, 0) is 46.0 Å². The standard InChI is InChI=1S/C17H32O2.C3H4O2/c1-10-12-13(11-2)17(9,15(3,4)5)14(18)19-16(6,7)8;1-2-3(4)5/h12H,10-11H2,1-9H3;2H,1H2,(H,4,5). The van der Waals surface area contributed by atoms with Crippen LogP contribution in [0.15, 0.2) is 24.3 Å². The second-order valence-electron chi connectivity index (χ2n) is 7.91. The van der Waals surface area contributed by atoms with E-state index in [-0.39, 0.29) is 11.4 Å². The molecule has 0 bridgehead atoms. The molecule has 0 radical (unpaired) electrons. The SMILES string of the molecule is C=CC(=O)O.CCC=C(CC)C(C)(C(=O)OC(C)(C)C)C(C)(C)C. The van der Waals surface area contributed by atoms with Crippen LogP contribution in [-0.2, 0) is 14.3 Å². The Morgan fingerprint density at radius 3 is 1.67 bits per heavy atom. The van der Waals surface area contributed by atoms with Gasteiger partial charge < -0.3 is 9.84 Å². The summed E-state index contributed by atoms with van der Waals surface area (Å²) in [4.78, 5) is 22.0. The predicted octanol–water partition coefficient (Wildman–Crippen LogP) is 5.38. The Hall–Kier alpha value is -1.58. The number of aliphatic carboxylic acids is 1. The average molecular weight is 341 g/mol. The summed E-state index contributed by atoms with van der Waals surface area (Å²) in [6, 6.07) is 0. The Balaban J connectivity index is 0. The minimum absolute atomic E-state index is 0.117. The molecule has 0 heterocycles. The van der Waals surface area contributed by atoms with Crippen molar-refractivity contribution in [1.82, 2.24) is 0 Å². The maximum absolute atomic E-state index is 12.7. The number of ether oxygens (including phenoxy) is 1. The number of carbonyl (C=O) groups is 2. The number of rotatable bonds is 5. The lowest BCUT2D eigenvalue weighted by atomic mass is 9.62. The number of carboxylic acid groups (broad SMARTS) is 1. The summed E-state index contributed by atoms with van der Waals surface area (Å²) in [5.41, 5.74) is -0.0248. The van der Waals surface area contributed by atoms with Gasteiger partial charge in [0.1, 0.15) is 5.60 Å². The molecule has 0 spiro atoms. The summed E-state index contributed by atoms with van der Waals surface area (Å²) in [7, 11) is 0. The monoisotopic (exact) mass is 340 g/mol. The topological polar surface area (TPSA) is 63.6 Å². The Kier molecular flexibility index (Phi) is 9.92. The molecule has 1 atom stereocenters. The number of hydrogen-bond acceptors (Lipinski definition) is 3. The fourth-order valence-electron chi connectivity index (χ4n) is 2.25. The van der Waals surface area contributed by atoms with Crippen LogP contribution in [0.3, 0.4) is 0 Å². The second-order valence-corrected chi connectivity index (χ2v) is 7.91. The van der Waals surface area contributed by atoms with Crippen LogP contribution in [0.25, 0.3) is 0 Å². The summed E-state index contributed by atoms with van der Waals surface area (Å²) in [6.07, 6.45) is 4.83. The largest absolute Gasteiger partial charge is 0.478 e. The molecule has 140 valence electrons. The zero-order chi connectivity index (χ0) is 19.8. The quantitative estimate of drug-likeness (QED) is 0.414. The zero-order valence-corrected chi connectivity index (χ0v) is 16.9. The fourth-order valence-corrected chi connectivity index (χ4v) is 2.25. The van der Waals surface area contributed by atoms with E-state index in [1.165, 1.54) is 5.57 Å². The van der Waals surface area contributed by atoms with Crippen LogP contribution in [0.5, 0.6) is 0 Å². The molecule has 4 heteroatoms. The van der Waals surface area contributed by atoms with Crippen LogP contribution in [0.1, 0.15) is 75.2 Å². The molecule has 0 aliphatic heterocycles. The van der Waals surface area contributed by atoms with Crippen molar-refractivity contribution in [1.29, 1.82) is 0 Å². The van der Waals surface area contributed by atoms with Gasteiger partial charge in [-0.25, -0.2) is 4.79 Å². The third-order valence-electron chi connectivity index (χ3n) is 3.96. The molecule has 1 unspecified atom stereocenters. The first-order valence-corrected chi connectivity index (χ1v) is 8.45. The van der Waals surface area contributed by atoms with Crippen LogP contribution in [0.2, 0.25) is 0 Å². The summed E-state index contributed by atoms with van der Waals surface area (Å²) in [5.74, 6) is -1.10. The van der Waals surface area contributed by atoms with Crippen molar-refractivity contribution in [3.63, 3.8) is 0 Å². The first-order chi connectivity index (χ1) is 10.7. The summed E-state index contributed by atoms with van der Waals surface area (Å²) < 4.78 is 5.68. The van der Waals surface area contributed by atoms with Gasteiger partial charge in [0, 0.05) is 6.08 Å². The van der Waals surface area contributed by atoms with Crippen molar-refractivity contribution < 1.29 is 19.4 Å². The van der Waals surface area contributed by atoms with Crippen LogP contribution in [0, 0.1) is 10.8 Å². The maximum Gasteiger partial charge on any atom is 0.327 e. The molecule has 0 amide bonds. The molecule has 0 saturated carbocycles. The van der Waals surface area contributed by atoms with Crippen molar-refractivity contribution in [2.75, 3.05) is 0 Å². The van der Waals surface area contributed by atoms with Gasteiger partial charge >= 0.3 is 11.9 Å². The molecule has 0 aromatic carbocycles. The van der Waals surface area contributed by atoms with E-state index >= 15 is 0 Å². The molecule has 0 aliphatic carbocycles. The Labute approximate surface area is 148 Å². The van der Waals surface area contributed by atoms with Crippen molar-refractivity contribution in [3.8, 4) is 0 Å². The number of hydrogen-bond donors (Lipinski definition) is 1. The fraction of sp³-hybridized carbons (Fsp3) is 0.700. The van der Waals surface area contributed by atoms with Gasteiger partial charge in [0.05, 0.1) is 5.41 Å². The lowest BCUT2D eigenvalue weighted by Crippen LogP contribution is -2.45. The summed E-state index contributed by atoms with van der Waals surface area (Å²) in [6.45, 7) is 21.3. The first-order valence-electron chi connectivity index (χ1n) is 8.45. The average Bonchev–Trinajstić information content (AvgIpc) is 2.41. The van der Waals surface area contributed by atoms with Gasteiger partial charge in [-0.15, -0.1) is 0 Å². The molecular weight excluding hydrogens is 304 g/mol. The molecule has 0 aliphatic rings. The number of carbonyl (C=O) groups excluding carboxylic acids is 1. The molecule has 24 heavy (non-hydrogen) atoms. The second kappa shape index (κ2) is 9.65. The van der Waals surface area contributed by atoms with E-state index in [0.717, 1.165) is 18.9 Å². The Morgan fingerprint density at radius 2 is 1.46 bits per heavy atom. The van der Waals surface area contributed by atoms with Crippen LogP contribution in [-0.4, -0.2) is 22.6 Å². The molecule has 0 fully saturated rings. The maximum atomic E-state index is 12.7. The van der Waals surface area contributed by atoms with Gasteiger partial charge in [0.2, 0.25) is 0 Å². The van der Waals surface area contributed by atoms with Crippen LogP contribution < -0.4 is 0 Å². The normalized spacial score (nSPS) is 14.8. The number of esters is 1. The van der Waals surface area contributed by atoms with Gasteiger partial charge in [-0.1, -0.05) is 52.8 Å².